The molecule has 1 heterocycles. The first kappa shape index (κ1) is 11.5. The predicted molar refractivity (Wildman–Crippen MR) is 57.5 cm³/mol. The molecule has 0 bridgehead atoms. The van der Waals surface area contributed by atoms with Crippen LogP contribution in [0.1, 0.15) is 17.5 Å². The summed E-state index contributed by atoms with van der Waals surface area (Å²) in [6.45, 7) is 0.108. The molecule has 2 atom stereocenters. The van der Waals surface area contributed by atoms with Crippen molar-refractivity contribution in [3.8, 4) is 0 Å². The molecule has 0 aliphatic carbocycles. The topological polar surface area (TPSA) is 58.9 Å². The molecule has 0 saturated heterocycles. The number of benzene rings is 1. The Morgan fingerprint density at radius 1 is 1.25 bits per heavy atom. The van der Waals surface area contributed by atoms with E-state index in [4.69, 9.17) is 14.9 Å². The molecular formula is C12H16O4. The van der Waals surface area contributed by atoms with Crippen LogP contribution < -0.4 is 0 Å². The van der Waals surface area contributed by atoms with Crippen molar-refractivity contribution >= 4 is 0 Å². The van der Waals surface area contributed by atoms with Crippen LogP contribution in [0, 0.1) is 0 Å². The average Bonchev–Trinajstić information content (AvgIpc) is 2.39. The Morgan fingerprint density at radius 2 is 2.00 bits per heavy atom. The molecule has 0 aromatic heterocycles. The zero-order valence-electron chi connectivity index (χ0n) is 9.00. The molecule has 1 aromatic carbocycles. The van der Waals surface area contributed by atoms with Crippen LogP contribution in [-0.2, 0) is 22.8 Å². The fourth-order valence-electron chi connectivity index (χ4n) is 1.83. The smallest absolute Gasteiger partial charge is 0.142 e. The van der Waals surface area contributed by atoms with Gasteiger partial charge in [-0.05, 0) is 24.0 Å². The normalized spacial score (nSPS) is 26.4. The van der Waals surface area contributed by atoms with Crippen molar-refractivity contribution in [2.24, 2.45) is 0 Å². The second-order valence-electron chi connectivity index (χ2n) is 3.95. The Bertz CT molecular complexity index is 340. The number of hydrogen-bond acceptors (Lipinski definition) is 4. The molecule has 2 rings (SSSR count). The summed E-state index contributed by atoms with van der Waals surface area (Å²) in [6, 6.07) is 7.91. The summed E-state index contributed by atoms with van der Waals surface area (Å²) in [4.78, 5) is 10.0. The van der Waals surface area contributed by atoms with Gasteiger partial charge in [-0.3, -0.25) is 0 Å². The highest BCUT2D eigenvalue weighted by Crippen LogP contribution is 2.18. The standard InChI is InChI=1S/C12H16O4/c13-7-12-11(14)6-5-9-3-1-2-4-10(9)8-15-16-12/h1-4,11-14H,5-8H2/t11-,12+/m0/s1. The third-order valence-corrected chi connectivity index (χ3v) is 2.84. The van der Waals surface area contributed by atoms with Gasteiger partial charge in [-0.1, -0.05) is 24.3 Å². The highest BCUT2D eigenvalue weighted by atomic mass is 17.2. The van der Waals surface area contributed by atoms with E-state index >= 15 is 0 Å². The number of rotatable bonds is 1. The number of aliphatic hydroxyl groups excluding tert-OH is 2. The van der Waals surface area contributed by atoms with Crippen LogP contribution in [0.3, 0.4) is 0 Å². The van der Waals surface area contributed by atoms with Gasteiger partial charge < -0.3 is 10.2 Å². The maximum atomic E-state index is 9.76. The molecule has 0 radical (unpaired) electrons. The minimum absolute atomic E-state index is 0.239. The van der Waals surface area contributed by atoms with E-state index in [1.165, 1.54) is 0 Å². The van der Waals surface area contributed by atoms with Crippen molar-refractivity contribution in [1.82, 2.24) is 0 Å². The first-order valence-electron chi connectivity index (χ1n) is 5.45. The molecule has 4 heteroatoms. The summed E-state index contributed by atoms with van der Waals surface area (Å²) < 4.78 is 0. The van der Waals surface area contributed by atoms with Crippen LogP contribution >= 0.6 is 0 Å². The molecule has 16 heavy (non-hydrogen) atoms. The summed E-state index contributed by atoms with van der Waals surface area (Å²) in [5, 5.41) is 18.8. The second kappa shape index (κ2) is 5.41. The van der Waals surface area contributed by atoms with E-state index in [9.17, 15) is 5.11 Å². The molecule has 2 N–H and O–H groups in total. The zero-order valence-corrected chi connectivity index (χ0v) is 9.00. The molecule has 4 nitrogen and oxygen atoms in total. The van der Waals surface area contributed by atoms with Crippen molar-refractivity contribution in [1.29, 1.82) is 0 Å². The molecule has 0 fully saturated rings. The summed E-state index contributed by atoms with van der Waals surface area (Å²) in [6.07, 6.45) is -0.0305. The monoisotopic (exact) mass is 224 g/mol. The van der Waals surface area contributed by atoms with Crippen LogP contribution in [0.25, 0.3) is 0 Å². The summed E-state index contributed by atoms with van der Waals surface area (Å²) in [5.41, 5.74) is 2.22. The van der Waals surface area contributed by atoms with Crippen LogP contribution in [0.15, 0.2) is 24.3 Å². The van der Waals surface area contributed by atoms with Crippen molar-refractivity contribution in [3.63, 3.8) is 0 Å². The molecule has 0 saturated carbocycles. The lowest BCUT2D eigenvalue weighted by atomic mass is 10.00. The van der Waals surface area contributed by atoms with Gasteiger partial charge in [0.1, 0.15) is 12.7 Å². The molecule has 0 amide bonds. The highest BCUT2D eigenvalue weighted by Gasteiger charge is 2.22. The van der Waals surface area contributed by atoms with Crippen LogP contribution in [0.4, 0.5) is 0 Å². The molecule has 0 spiro atoms. The van der Waals surface area contributed by atoms with E-state index in [0.29, 0.717) is 13.0 Å². The van der Waals surface area contributed by atoms with Gasteiger partial charge in [0, 0.05) is 0 Å². The van der Waals surface area contributed by atoms with Crippen molar-refractivity contribution in [2.45, 2.75) is 31.7 Å². The first-order chi connectivity index (χ1) is 7.81. The third-order valence-electron chi connectivity index (χ3n) is 2.84. The van der Waals surface area contributed by atoms with Crippen molar-refractivity contribution in [2.75, 3.05) is 6.61 Å². The zero-order chi connectivity index (χ0) is 11.4. The van der Waals surface area contributed by atoms with Gasteiger partial charge in [0.15, 0.2) is 0 Å². The molecule has 1 aliphatic rings. The van der Waals surface area contributed by atoms with E-state index in [0.717, 1.165) is 17.5 Å². The SMILES string of the molecule is OC[C@H]1OOCc2ccccc2CC[C@@H]1O. The molecule has 1 aromatic rings. The summed E-state index contributed by atoms with van der Waals surface area (Å²) >= 11 is 0. The van der Waals surface area contributed by atoms with E-state index in [2.05, 4.69) is 0 Å². The Balaban J connectivity index is 2.13. The van der Waals surface area contributed by atoms with E-state index in [-0.39, 0.29) is 6.61 Å². The second-order valence-corrected chi connectivity index (χ2v) is 3.95. The van der Waals surface area contributed by atoms with Crippen LogP contribution in [-0.4, -0.2) is 29.0 Å². The largest absolute Gasteiger partial charge is 0.393 e. The molecular weight excluding hydrogens is 208 g/mol. The minimum Gasteiger partial charge on any atom is -0.393 e. The maximum absolute atomic E-state index is 9.76. The van der Waals surface area contributed by atoms with Crippen LogP contribution in [0.5, 0.6) is 0 Å². The van der Waals surface area contributed by atoms with E-state index in [1.807, 2.05) is 24.3 Å². The van der Waals surface area contributed by atoms with Crippen molar-refractivity contribution < 1.29 is 20.0 Å². The number of aliphatic hydroxyl groups is 2. The number of aryl methyl sites for hydroxylation is 1. The van der Waals surface area contributed by atoms with E-state index in [1.54, 1.807) is 0 Å². The lowest BCUT2D eigenvalue weighted by Gasteiger charge is -2.18. The lowest BCUT2D eigenvalue weighted by Crippen LogP contribution is -2.32. The predicted octanol–water partition coefficient (Wildman–Crippen LogP) is 0.803. The van der Waals surface area contributed by atoms with Gasteiger partial charge in [0.2, 0.25) is 0 Å². The minimum atomic E-state index is -0.698. The summed E-state index contributed by atoms with van der Waals surface area (Å²) in [7, 11) is 0. The summed E-state index contributed by atoms with van der Waals surface area (Å²) in [5.74, 6) is 0. The number of hydrogen-bond donors (Lipinski definition) is 2. The van der Waals surface area contributed by atoms with Crippen LogP contribution in [0.2, 0.25) is 0 Å². The maximum Gasteiger partial charge on any atom is 0.142 e. The Labute approximate surface area is 94.4 Å². The van der Waals surface area contributed by atoms with Gasteiger partial charge in [0.05, 0.1) is 12.7 Å². The fraction of sp³-hybridized carbons (Fsp3) is 0.500. The average molecular weight is 224 g/mol. The Morgan fingerprint density at radius 3 is 2.75 bits per heavy atom. The van der Waals surface area contributed by atoms with Crippen molar-refractivity contribution in [3.05, 3.63) is 35.4 Å². The van der Waals surface area contributed by atoms with Gasteiger partial charge in [-0.2, -0.15) is 0 Å². The highest BCUT2D eigenvalue weighted by molar-refractivity contribution is 5.26. The quantitative estimate of drug-likeness (QED) is 0.693. The van der Waals surface area contributed by atoms with Gasteiger partial charge in [-0.25, -0.2) is 9.78 Å². The Kier molecular flexibility index (Phi) is 3.90. The fourth-order valence-corrected chi connectivity index (χ4v) is 1.83. The molecule has 88 valence electrons. The van der Waals surface area contributed by atoms with Gasteiger partial charge >= 0.3 is 0 Å². The van der Waals surface area contributed by atoms with Gasteiger partial charge in [0.25, 0.3) is 0 Å². The lowest BCUT2D eigenvalue weighted by molar-refractivity contribution is -0.350. The molecule has 0 unspecified atom stereocenters. The Hall–Kier alpha value is -0.940. The number of fused-ring (bicyclic) bond motifs is 1. The third kappa shape index (κ3) is 2.59. The molecule has 1 aliphatic heterocycles. The van der Waals surface area contributed by atoms with Gasteiger partial charge in [-0.15, -0.1) is 0 Å². The van der Waals surface area contributed by atoms with E-state index < -0.39 is 12.2 Å². The first-order valence-corrected chi connectivity index (χ1v) is 5.45.